The molecule has 0 bridgehead atoms. The highest BCUT2D eigenvalue weighted by Crippen LogP contribution is 2.22. The molecule has 0 aliphatic heterocycles. The van der Waals surface area contributed by atoms with E-state index in [4.69, 9.17) is 5.41 Å². The molecule has 3 heteroatoms. The van der Waals surface area contributed by atoms with Gasteiger partial charge < -0.3 is 9.69 Å². The highest BCUT2D eigenvalue weighted by atomic mass is 16.1. The summed E-state index contributed by atoms with van der Waals surface area (Å²) in [6.45, 7) is 3.06. The van der Waals surface area contributed by atoms with Crippen molar-refractivity contribution in [2.45, 2.75) is 13.8 Å². The smallest absolute Gasteiger partial charge is 0.126 e. The summed E-state index contributed by atoms with van der Waals surface area (Å²) in [7, 11) is 0. The molecule has 0 radical (unpaired) electrons. The molecule has 0 atom stereocenters. The second-order valence-electron chi connectivity index (χ2n) is 4.08. The molecule has 0 unspecified atom stereocenters. The van der Waals surface area contributed by atoms with Gasteiger partial charge in [0.25, 0.3) is 0 Å². The van der Waals surface area contributed by atoms with Crippen molar-refractivity contribution in [1.29, 1.82) is 5.41 Å². The SMILES string of the molecule is CC(C)=O.N=CN(c1ccccc1)c1ccccc1. The van der Waals surface area contributed by atoms with Gasteiger partial charge >= 0.3 is 0 Å². The predicted molar refractivity (Wildman–Crippen MR) is 80.2 cm³/mol. The van der Waals surface area contributed by atoms with Crippen molar-refractivity contribution in [2.75, 3.05) is 4.90 Å². The second kappa shape index (κ2) is 7.82. The first-order chi connectivity index (χ1) is 9.15. The van der Waals surface area contributed by atoms with Gasteiger partial charge in [-0.05, 0) is 38.1 Å². The van der Waals surface area contributed by atoms with E-state index in [-0.39, 0.29) is 5.78 Å². The average Bonchev–Trinajstić information content (AvgIpc) is 2.41. The van der Waals surface area contributed by atoms with Crippen LogP contribution in [0.3, 0.4) is 0 Å². The molecule has 1 N–H and O–H groups in total. The second-order valence-corrected chi connectivity index (χ2v) is 4.08. The monoisotopic (exact) mass is 254 g/mol. The summed E-state index contributed by atoms with van der Waals surface area (Å²) in [5.74, 6) is 0.167. The minimum atomic E-state index is 0.167. The number of para-hydroxylation sites is 2. The van der Waals surface area contributed by atoms with Gasteiger partial charge in [-0.3, -0.25) is 5.41 Å². The Bertz CT molecular complexity index is 465. The van der Waals surface area contributed by atoms with E-state index < -0.39 is 0 Å². The van der Waals surface area contributed by atoms with E-state index in [1.54, 1.807) is 0 Å². The fourth-order valence-electron chi connectivity index (χ4n) is 1.48. The number of rotatable bonds is 3. The summed E-state index contributed by atoms with van der Waals surface area (Å²) in [5, 5.41) is 7.44. The van der Waals surface area contributed by atoms with Crippen LogP contribution in [0.15, 0.2) is 60.7 Å². The number of anilines is 2. The summed E-state index contributed by atoms with van der Waals surface area (Å²) in [4.78, 5) is 11.3. The van der Waals surface area contributed by atoms with E-state index >= 15 is 0 Å². The molecule has 0 aliphatic carbocycles. The third-order valence-corrected chi connectivity index (χ3v) is 2.20. The first-order valence-corrected chi connectivity index (χ1v) is 6.02. The van der Waals surface area contributed by atoms with Crippen LogP contribution in [-0.2, 0) is 4.79 Å². The fraction of sp³-hybridized carbons (Fsp3) is 0.125. The van der Waals surface area contributed by atoms with Crippen molar-refractivity contribution in [3.63, 3.8) is 0 Å². The van der Waals surface area contributed by atoms with Crippen LogP contribution in [0.4, 0.5) is 11.4 Å². The molecule has 0 spiro atoms. The maximum absolute atomic E-state index is 9.44. The zero-order chi connectivity index (χ0) is 14.1. The van der Waals surface area contributed by atoms with Gasteiger partial charge in [0, 0.05) is 11.4 Å². The third kappa shape index (κ3) is 5.17. The van der Waals surface area contributed by atoms with Crippen LogP contribution < -0.4 is 4.90 Å². The van der Waals surface area contributed by atoms with Crippen LogP contribution in [0.5, 0.6) is 0 Å². The molecule has 98 valence electrons. The Hall–Kier alpha value is -2.42. The Morgan fingerprint density at radius 3 is 1.47 bits per heavy atom. The van der Waals surface area contributed by atoms with E-state index in [0.717, 1.165) is 11.4 Å². The molecule has 0 aromatic heterocycles. The van der Waals surface area contributed by atoms with Gasteiger partial charge in [0.2, 0.25) is 0 Å². The molecule has 2 rings (SSSR count). The molecular formula is C16H18N2O. The molecule has 3 nitrogen and oxygen atoms in total. The number of carbonyl (C=O) groups excluding carboxylic acids is 1. The quantitative estimate of drug-likeness (QED) is 0.664. The number of benzene rings is 2. The lowest BCUT2D eigenvalue weighted by atomic mass is 10.2. The Kier molecular flexibility index (Phi) is 6.03. The summed E-state index contributed by atoms with van der Waals surface area (Å²) < 4.78 is 0. The van der Waals surface area contributed by atoms with Crippen molar-refractivity contribution in [3.05, 3.63) is 60.7 Å². The van der Waals surface area contributed by atoms with Crippen LogP contribution >= 0.6 is 0 Å². The molecule has 2 aromatic carbocycles. The lowest BCUT2D eigenvalue weighted by molar-refractivity contribution is -0.114. The molecular weight excluding hydrogens is 236 g/mol. The molecule has 0 fully saturated rings. The van der Waals surface area contributed by atoms with Crippen LogP contribution in [0.1, 0.15) is 13.8 Å². The summed E-state index contributed by atoms with van der Waals surface area (Å²) in [5.41, 5.74) is 2.00. The standard InChI is InChI=1S/C13H12N2.C3H6O/c14-11-15(12-7-3-1-4-8-12)13-9-5-2-6-10-13;1-3(2)4/h1-11,14H;1-2H3. The minimum absolute atomic E-state index is 0.167. The fourth-order valence-corrected chi connectivity index (χ4v) is 1.48. The number of carbonyl (C=O) groups is 1. The third-order valence-electron chi connectivity index (χ3n) is 2.20. The Balaban J connectivity index is 0.000000399. The van der Waals surface area contributed by atoms with Crippen molar-refractivity contribution in [3.8, 4) is 0 Å². The molecule has 0 amide bonds. The Labute approximate surface area is 114 Å². The van der Waals surface area contributed by atoms with Gasteiger partial charge in [-0.1, -0.05) is 36.4 Å². The topological polar surface area (TPSA) is 44.2 Å². The predicted octanol–water partition coefficient (Wildman–Crippen LogP) is 4.03. The minimum Gasteiger partial charge on any atom is -0.302 e. The van der Waals surface area contributed by atoms with Crippen LogP contribution in [0.25, 0.3) is 0 Å². The van der Waals surface area contributed by atoms with E-state index in [1.165, 1.54) is 20.2 Å². The Morgan fingerprint density at radius 2 is 1.21 bits per heavy atom. The van der Waals surface area contributed by atoms with Crippen LogP contribution in [-0.4, -0.2) is 12.1 Å². The van der Waals surface area contributed by atoms with Gasteiger partial charge in [-0.2, -0.15) is 0 Å². The van der Waals surface area contributed by atoms with Crippen molar-refractivity contribution >= 4 is 23.5 Å². The normalized spacial score (nSPS) is 8.95. The number of hydrogen-bond acceptors (Lipinski definition) is 2. The van der Waals surface area contributed by atoms with E-state index in [1.807, 2.05) is 65.6 Å². The van der Waals surface area contributed by atoms with Crippen molar-refractivity contribution in [2.24, 2.45) is 0 Å². The largest absolute Gasteiger partial charge is 0.302 e. The maximum atomic E-state index is 9.44. The zero-order valence-electron chi connectivity index (χ0n) is 11.2. The molecule has 19 heavy (non-hydrogen) atoms. The number of ketones is 1. The highest BCUT2D eigenvalue weighted by Gasteiger charge is 2.03. The Morgan fingerprint density at radius 1 is 0.895 bits per heavy atom. The first-order valence-electron chi connectivity index (χ1n) is 6.02. The summed E-state index contributed by atoms with van der Waals surface area (Å²) in [6, 6.07) is 19.7. The maximum Gasteiger partial charge on any atom is 0.126 e. The van der Waals surface area contributed by atoms with E-state index in [0.29, 0.717) is 0 Å². The highest BCUT2D eigenvalue weighted by molar-refractivity contribution is 5.87. The lowest BCUT2D eigenvalue weighted by Crippen LogP contribution is -2.12. The molecule has 0 saturated carbocycles. The van der Waals surface area contributed by atoms with Gasteiger partial charge in [0.1, 0.15) is 5.78 Å². The lowest BCUT2D eigenvalue weighted by Gasteiger charge is -2.18. The van der Waals surface area contributed by atoms with Gasteiger partial charge in [-0.15, -0.1) is 0 Å². The van der Waals surface area contributed by atoms with E-state index in [2.05, 4.69) is 0 Å². The average molecular weight is 254 g/mol. The number of hydrogen-bond donors (Lipinski definition) is 1. The van der Waals surface area contributed by atoms with Crippen molar-refractivity contribution in [1.82, 2.24) is 0 Å². The van der Waals surface area contributed by atoms with Crippen LogP contribution in [0, 0.1) is 5.41 Å². The van der Waals surface area contributed by atoms with Gasteiger partial charge in [0.15, 0.2) is 0 Å². The summed E-state index contributed by atoms with van der Waals surface area (Å²) in [6.07, 6.45) is 1.32. The van der Waals surface area contributed by atoms with Gasteiger partial charge in [-0.25, -0.2) is 0 Å². The molecule has 0 aliphatic rings. The molecule has 2 aromatic rings. The van der Waals surface area contributed by atoms with E-state index in [9.17, 15) is 4.79 Å². The first kappa shape index (κ1) is 14.6. The number of nitrogens with one attached hydrogen (secondary N) is 1. The number of nitrogens with zero attached hydrogens (tertiary/aromatic N) is 1. The zero-order valence-corrected chi connectivity index (χ0v) is 11.2. The summed E-state index contributed by atoms with van der Waals surface area (Å²) >= 11 is 0. The molecule has 0 heterocycles. The van der Waals surface area contributed by atoms with Crippen molar-refractivity contribution < 1.29 is 4.79 Å². The molecule has 0 saturated heterocycles. The van der Waals surface area contributed by atoms with Crippen LogP contribution in [0.2, 0.25) is 0 Å². The van der Waals surface area contributed by atoms with Gasteiger partial charge in [0.05, 0.1) is 6.34 Å². The number of Topliss-reactive ketones (excluding diaryl/α,β-unsaturated/α-hetero) is 1.